The maximum absolute atomic E-state index is 5.98. The second kappa shape index (κ2) is 9.95. The molecule has 1 aromatic carbocycles. The van der Waals surface area contributed by atoms with Crippen molar-refractivity contribution in [2.45, 2.75) is 45.1 Å². The van der Waals surface area contributed by atoms with Gasteiger partial charge in [0.2, 0.25) is 0 Å². The van der Waals surface area contributed by atoms with Gasteiger partial charge < -0.3 is 14.2 Å². The molecule has 4 aromatic rings. The zero-order valence-electron chi connectivity index (χ0n) is 20.8. The molecule has 4 heterocycles. The molecule has 0 amide bonds. The third-order valence-electron chi connectivity index (χ3n) is 6.75. The predicted octanol–water partition coefficient (Wildman–Crippen LogP) is 3.97. The van der Waals surface area contributed by atoms with Gasteiger partial charge in [-0.1, -0.05) is 31.2 Å². The Morgan fingerprint density at radius 1 is 1.03 bits per heavy atom. The molecule has 1 aliphatic heterocycles. The molecule has 1 saturated heterocycles. The number of likely N-dealkylation sites (tertiary alicyclic amines) is 1. The Morgan fingerprint density at radius 2 is 1.86 bits per heavy atom. The van der Waals surface area contributed by atoms with Gasteiger partial charge in [-0.2, -0.15) is 0 Å². The van der Waals surface area contributed by atoms with E-state index in [1.54, 1.807) is 10.9 Å². The summed E-state index contributed by atoms with van der Waals surface area (Å²) in [5.74, 6) is 3.18. The summed E-state index contributed by atoms with van der Waals surface area (Å²) in [5.41, 5.74) is 3.92. The molecule has 0 aliphatic carbocycles. The van der Waals surface area contributed by atoms with Crippen molar-refractivity contribution in [2.75, 3.05) is 20.1 Å². The first kappa shape index (κ1) is 23.2. The molecule has 9 nitrogen and oxygen atoms in total. The van der Waals surface area contributed by atoms with Crippen LogP contribution in [0.3, 0.4) is 0 Å². The van der Waals surface area contributed by atoms with Crippen LogP contribution in [0.15, 0.2) is 48.8 Å². The number of hydrogen-bond donors (Lipinski definition) is 0. The minimum atomic E-state index is 0.335. The van der Waals surface area contributed by atoms with Gasteiger partial charge in [-0.15, -0.1) is 15.3 Å². The van der Waals surface area contributed by atoms with Gasteiger partial charge in [-0.05, 0) is 68.7 Å². The van der Waals surface area contributed by atoms with Crippen LogP contribution in [0.4, 0.5) is 0 Å². The highest BCUT2D eigenvalue weighted by Gasteiger charge is 2.21. The molecule has 0 spiro atoms. The van der Waals surface area contributed by atoms with Crippen LogP contribution in [0.2, 0.25) is 0 Å². The first-order valence-corrected chi connectivity index (χ1v) is 12.2. The summed E-state index contributed by atoms with van der Waals surface area (Å²) >= 11 is 0. The minimum Gasteiger partial charge on any atom is -0.486 e. The molecule has 1 fully saturated rings. The third-order valence-corrected chi connectivity index (χ3v) is 6.75. The number of benzene rings is 1. The van der Waals surface area contributed by atoms with E-state index < -0.39 is 0 Å². The van der Waals surface area contributed by atoms with Crippen LogP contribution < -0.4 is 4.74 Å². The van der Waals surface area contributed by atoms with Gasteiger partial charge in [0, 0.05) is 13.0 Å². The molecule has 1 aliphatic rings. The topological polar surface area (TPSA) is 86.8 Å². The maximum atomic E-state index is 5.98. The van der Waals surface area contributed by atoms with E-state index in [1.807, 2.05) is 42.1 Å². The molecule has 0 bridgehead atoms. The fraction of sp³-hybridized carbons (Fsp3) is 0.423. The summed E-state index contributed by atoms with van der Waals surface area (Å²) in [6, 6.07) is 12.1. The smallest absolute Gasteiger partial charge is 0.182 e. The second-order valence-corrected chi connectivity index (χ2v) is 9.58. The van der Waals surface area contributed by atoms with Crippen LogP contribution in [-0.2, 0) is 13.7 Å². The van der Waals surface area contributed by atoms with E-state index in [0.717, 1.165) is 54.6 Å². The van der Waals surface area contributed by atoms with Crippen molar-refractivity contribution in [2.24, 2.45) is 7.05 Å². The number of hydrogen-bond acceptors (Lipinski definition) is 7. The highest BCUT2D eigenvalue weighted by Crippen LogP contribution is 2.26. The largest absolute Gasteiger partial charge is 0.486 e. The van der Waals surface area contributed by atoms with E-state index in [4.69, 9.17) is 4.74 Å². The monoisotopic (exact) mass is 472 g/mol. The highest BCUT2D eigenvalue weighted by atomic mass is 16.5. The third kappa shape index (κ3) is 5.09. The molecule has 35 heavy (non-hydrogen) atoms. The van der Waals surface area contributed by atoms with Gasteiger partial charge in [0.25, 0.3) is 0 Å². The molecule has 0 N–H and O–H groups in total. The fourth-order valence-corrected chi connectivity index (χ4v) is 4.37. The van der Waals surface area contributed by atoms with Crippen LogP contribution in [-0.4, -0.2) is 59.8 Å². The normalized spacial score (nSPS) is 15.1. The van der Waals surface area contributed by atoms with Gasteiger partial charge in [0.15, 0.2) is 11.6 Å². The zero-order chi connectivity index (χ0) is 24.4. The lowest BCUT2D eigenvalue weighted by atomic mass is 9.94. The summed E-state index contributed by atoms with van der Waals surface area (Å²) in [5, 5.41) is 17.4. The van der Waals surface area contributed by atoms with Crippen molar-refractivity contribution in [1.82, 2.24) is 39.6 Å². The van der Waals surface area contributed by atoms with Crippen LogP contribution >= 0.6 is 0 Å². The van der Waals surface area contributed by atoms with Crippen LogP contribution in [0.1, 0.15) is 55.6 Å². The first-order valence-electron chi connectivity index (χ1n) is 12.2. The average molecular weight is 473 g/mol. The summed E-state index contributed by atoms with van der Waals surface area (Å²) < 4.78 is 9.70. The van der Waals surface area contributed by atoms with Crippen LogP contribution in [0, 0.1) is 0 Å². The molecule has 0 radical (unpaired) electrons. The van der Waals surface area contributed by atoms with Crippen molar-refractivity contribution in [3.63, 3.8) is 0 Å². The fourth-order valence-electron chi connectivity index (χ4n) is 4.37. The molecule has 0 atom stereocenters. The molecule has 0 unspecified atom stereocenters. The van der Waals surface area contributed by atoms with Crippen molar-refractivity contribution < 1.29 is 4.74 Å². The lowest BCUT2D eigenvalue weighted by molar-refractivity contribution is 0.253. The standard InChI is InChI=1S/C26H32N8O/c1-18(2)20-6-5-7-22(14-20)35-17-25-29-30-26(33(25)4)23-9-8-21(15-27-23)34-16-24(28-31-34)19-10-12-32(3)13-11-19/h5-9,14-16,18-19H,10-13,17H2,1-4H3. The number of rotatable bonds is 7. The van der Waals surface area contributed by atoms with Crippen molar-refractivity contribution in [3.8, 4) is 23.0 Å². The Balaban J connectivity index is 1.26. The Morgan fingerprint density at radius 3 is 2.60 bits per heavy atom. The summed E-state index contributed by atoms with van der Waals surface area (Å²) in [6.45, 7) is 6.88. The molecule has 0 saturated carbocycles. The number of ether oxygens (including phenoxy) is 1. The lowest BCUT2D eigenvalue weighted by Gasteiger charge is -2.27. The van der Waals surface area contributed by atoms with Crippen molar-refractivity contribution in [1.29, 1.82) is 0 Å². The number of piperidine rings is 1. The van der Waals surface area contributed by atoms with Crippen molar-refractivity contribution in [3.05, 3.63) is 65.9 Å². The van der Waals surface area contributed by atoms with Gasteiger partial charge in [-0.3, -0.25) is 4.98 Å². The molecule has 3 aromatic heterocycles. The number of pyridine rings is 1. The van der Waals surface area contributed by atoms with E-state index in [-0.39, 0.29) is 0 Å². The quantitative estimate of drug-likeness (QED) is 0.402. The van der Waals surface area contributed by atoms with Gasteiger partial charge in [0.1, 0.15) is 18.1 Å². The van der Waals surface area contributed by atoms with Gasteiger partial charge in [0.05, 0.1) is 23.8 Å². The number of nitrogens with zero attached hydrogens (tertiary/aromatic N) is 8. The van der Waals surface area contributed by atoms with Gasteiger partial charge >= 0.3 is 0 Å². The van der Waals surface area contributed by atoms with Gasteiger partial charge in [-0.25, -0.2) is 4.68 Å². The summed E-state index contributed by atoms with van der Waals surface area (Å²) in [7, 11) is 4.10. The Kier molecular flexibility index (Phi) is 6.59. The molecular weight excluding hydrogens is 440 g/mol. The van der Waals surface area contributed by atoms with E-state index >= 15 is 0 Å². The predicted molar refractivity (Wildman–Crippen MR) is 133 cm³/mol. The summed E-state index contributed by atoms with van der Waals surface area (Å²) in [4.78, 5) is 6.98. The Hall–Kier alpha value is -3.59. The van der Waals surface area contributed by atoms with E-state index in [0.29, 0.717) is 24.3 Å². The molecular formula is C26H32N8O. The molecule has 182 valence electrons. The molecule has 5 rings (SSSR count). The highest BCUT2D eigenvalue weighted by molar-refractivity contribution is 5.51. The summed E-state index contributed by atoms with van der Waals surface area (Å²) in [6.07, 6.45) is 6.06. The number of aromatic nitrogens is 7. The minimum absolute atomic E-state index is 0.335. The average Bonchev–Trinajstić information content (AvgIpc) is 3.51. The van der Waals surface area contributed by atoms with E-state index in [2.05, 4.69) is 63.4 Å². The second-order valence-electron chi connectivity index (χ2n) is 9.58. The Bertz CT molecular complexity index is 1270. The Labute approximate surface area is 205 Å². The van der Waals surface area contributed by atoms with E-state index in [1.165, 1.54) is 5.56 Å². The van der Waals surface area contributed by atoms with Crippen LogP contribution in [0.25, 0.3) is 17.2 Å². The lowest BCUT2D eigenvalue weighted by Crippen LogP contribution is -2.29. The first-order chi connectivity index (χ1) is 17.0. The van der Waals surface area contributed by atoms with E-state index in [9.17, 15) is 0 Å². The van der Waals surface area contributed by atoms with Crippen LogP contribution in [0.5, 0.6) is 5.75 Å². The van der Waals surface area contributed by atoms with Crippen molar-refractivity contribution >= 4 is 0 Å². The molecule has 9 heteroatoms. The maximum Gasteiger partial charge on any atom is 0.182 e. The zero-order valence-corrected chi connectivity index (χ0v) is 20.8. The SMILES string of the molecule is CC(C)c1cccc(OCc2nnc(-c3ccc(-n4cc(C5CCN(C)CC5)nn4)cn3)n2C)c1.